The molecule has 4 saturated heterocycles. The van der Waals surface area contributed by atoms with Crippen LogP contribution in [0.1, 0.15) is 62.5 Å². The van der Waals surface area contributed by atoms with Crippen LogP contribution in [0.5, 0.6) is 11.5 Å². The standard InChI is InChI=1S/C40H44N4O2/c1-45-39-25-21-37(22-26-39)43-35-17-13-33(14-18-35)41(43)31-9-5-29(6-10-31)3-4-30-7-11-32(12-8-30)42-34-15-19-36(20-16-34)44(42)38-23-27-40(46-2)28-24-38/h3-12,21-28,33-36H,13-20H2,1-2H3/b4-3+. The summed E-state index contributed by atoms with van der Waals surface area (Å²) in [5, 5.41) is 10.2. The first-order valence-electron chi connectivity index (χ1n) is 17.0. The van der Waals surface area contributed by atoms with Crippen LogP contribution in [0.4, 0.5) is 22.7 Å². The van der Waals surface area contributed by atoms with E-state index in [1.54, 1.807) is 14.2 Å². The molecule has 0 N–H and O–H groups in total. The second-order valence-electron chi connectivity index (χ2n) is 13.2. The SMILES string of the molecule is COc1ccc(N2C3CCC(CC3)N2c2ccc(/C=C/c3ccc(N4C5CCC(CC5)N4c4ccc(OC)cc4)cc3)cc2)cc1. The molecule has 0 radical (unpaired) electrons. The Morgan fingerprint density at radius 2 is 0.630 bits per heavy atom. The number of anilines is 4. The van der Waals surface area contributed by atoms with E-state index in [4.69, 9.17) is 9.47 Å². The van der Waals surface area contributed by atoms with Gasteiger partial charge in [-0.1, -0.05) is 36.4 Å². The van der Waals surface area contributed by atoms with Gasteiger partial charge >= 0.3 is 0 Å². The van der Waals surface area contributed by atoms with Crippen molar-refractivity contribution in [3.63, 3.8) is 0 Å². The molecule has 6 aliphatic rings. The van der Waals surface area contributed by atoms with Crippen LogP contribution in [0.15, 0.2) is 97.1 Å². The third-order valence-corrected chi connectivity index (χ3v) is 10.6. The van der Waals surface area contributed by atoms with Crippen molar-refractivity contribution in [1.29, 1.82) is 0 Å². The smallest absolute Gasteiger partial charge is 0.119 e. The zero-order valence-corrected chi connectivity index (χ0v) is 27.0. The zero-order valence-electron chi connectivity index (χ0n) is 27.0. The van der Waals surface area contributed by atoms with E-state index >= 15 is 0 Å². The highest BCUT2D eigenvalue weighted by Gasteiger charge is 2.41. The fraction of sp³-hybridized carbons (Fsp3) is 0.350. The van der Waals surface area contributed by atoms with Crippen LogP contribution < -0.4 is 29.5 Å². The second-order valence-corrected chi connectivity index (χ2v) is 13.2. The van der Waals surface area contributed by atoms with Crippen LogP contribution in [0, 0.1) is 0 Å². The maximum atomic E-state index is 5.42. The van der Waals surface area contributed by atoms with Gasteiger partial charge in [0.1, 0.15) is 11.5 Å². The Hall–Kier alpha value is -4.58. The number of methoxy groups -OCH3 is 2. The van der Waals surface area contributed by atoms with Crippen molar-refractivity contribution in [2.75, 3.05) is 34.3 Å². The summed E-state index contributed by atoms with van der Waals surface area (Å²) in [5.41, 5.74) is 7.45. The molecule has 0 amide bonds. The molecule has 4 heterocycles. The molecule has 4 aromatic rings. The summed E-state index contributed by atoms with van der Waals surface area (Å²) in [6, 6.07) is 37.4. The fourth-order valence-corrected chi connectivity index (χ4v) is 8.28. The Bertz CT molecular complexity index is 1510. The van der Waals surface area contributed by atoms with E-state index in [1.165, 1.54) is 85.2 Å². The van der Waals surface area contributed by atoms with Crippen LogP contribution in [-0.2, 0) is 0 Å². The monoisotopic (exact) mass is 612 g/mol. The Labute approximate surface area is 273 Å². The van der Waals surface area contributed by atoms with Crippen molar-refractivity contribution >= 4 is 34.9 Å². The number of fused-ring (bicyclic) bond motifs is 6. The molecule has 4 bridgehead atoms. The molecule has 2 aliphatic carbocycles. The maximum absolute atomic E-state index is 5.42. The molecule has 46 heavy (non-hydrogen) atoms. The zero-order chi connectivity index (χ0) is 31.0. The topological polar surface area (TPSA) is 31.4 Å². The third-order valence-electron chi connectivity index (χ3n) is 10.6. The summed E-state index contributed by atoms with van der Waals surface area (Å²) in [5.74, 6) is 1.80. The van der Waals surface area contributed by atoms with Gasteiger partial charge in [0, 0.05) is 0 Å². The van der Waals surface area contributed by atoms with E-state index in [-0.39, 0.29) is 0 Å². The number of hydrogen-bond donors (Lipinski definition) is 0. The predicted molar refractivity (Wildman–Crippen MR) is 190 cm³/mol. The average Bonchev–Trinajstić information content (AvgIpc) is 3.15. The number of ether oxygens (including phenoxy) is 2. The van der Waals surface area contributed by atoms with E-state index in [0.29, 0.717) is 24.2 Å². The van der Waals surface area contributed by atoms with Crippen LogP contribution in [-0.4, -0.2) is 38.4 Å². The van der Waals surface area contributed by atoms with Crippen molar-refractivity contribution in [1.82, 2.24) is 0 Å². The van der Waals surface area contributed by atoms with Crippen molar-refractivity contribution in [3.05, 3.63) is 108 Å². The summed E-state index contributed by atoms with van der Waals surface area (Å²) >= 11 is 0. The highest BCUT2D eigenvalue weighted by molar-refractivity contribution is 5.73. The Balaban J connectivity index is 0.983. The van der Waals surface area contributed by atoms with Crippen LogP contribution in [0.3, 0.4) is 0 Å². The van der Waals surface area contributed by atoms with Crippen molar-refractivity contribution in [2.24, 2.45) is 0 Å². The lowest BCUT2D eigenvalue weighted by molar-refractivity contribution is 0.284. The van der Waals surface area contributed by atoms with Crippen molar-refractivity contribution in [2.45, 2.75) is 75.5 Å². The van der Waals surface area contributed by atoms with Gasteiger partial charge in [0.25, 0.3) is 0 Å². The Morgan fingerprint density at radius 1 is 0.391 bits per heavy atom. The molecule has 6 heteroatoms. The maximum Gasteiger partial charge on any atom is 0.119 e. The van der Waals surface area contributed by atoms with Gasteiger partial charge < -0.3 is 9.47 Å². The van der Waals surface area contributed by atoms with Crippen molar-refractivity contribution in [3.8, 4) is 11.5 Å². The van der Waals surface area contributed by atoms with Gasteiger partial charge in [-0.05, 0) is 135 Å². The van der Waals surface area contributed by atoms with Gasteiger partial charge in [-0.3, -0.25) is 20.0 Å². The van der Waals surface area contributed by atoms with Gasteiger partial charge in [-0.25, -0.2) is 0 Å². The van der Waals surface area contributed by atoms with Gasteiger partial charge in [0.15, 0.2) is 0 Å². The highest BCUT2D eigenvalue weighted by atomic mass is 16.5. The van der Waals surface area contributed by atoms with Gasteiger partial charge in [0.2, 0.25) is 0 Å². The number of hydrazine groups is 2. The highest BCUT2D eigenvalue weighted by Crippen LogP contribution is 2.43. The first-order chi connectivity index (χ1) is 22.7. The summed E-state index contributed by atoms with van der Waals surface area (Å²) < 4.78 is 10.8. The predicted octanol–water partition coefficient (Wildman–Crippen LogP) is 8.98. The molecule has 10 rings (SSSR count). The molecule has 2 saturated carbocycles. The van der Waals surface area contributed by atoms with Gasteiger partial charge in [-0.15, -0.1) is 0 Å². The molecular formula is C40H44N4O2. The Morgan fingerprint density at radius 3 is 0.870 bits per heavy atom. The molecular weight excluding hydrogens is 568 g/mol. The summed E-state index contributed by atoms with van der Waals surface area (Å²) in [4.78, 5) is 0. The van der Waals surface area contributed by atoms with Crippen LogP contribution in [0.2, 0.25) is 0 Å². The van der Waals surface area contributed by atoms with Gasteiger partial charge in [-0.2, -0.15) is 0 Å². The van der Waals surface area contributed by atoms with E-state index < -0.39 is 0 Å². The minimum atomic E-state index is 0.544. The van der Waals surface area contributed by atoms with Crippen molar-refractivity contribution < 1.29 is 9.47 Å². The number of benzene rings is 4. The lowest BCUT2D eigenvalue weighted by Crippen LogP contribution is -2.62. The van der Waals surface area contributed by atoms with E-state index in [0.717, 1.165) is 11.5 Å². The van der Waals surface area contributed by atoms with E-state index in [1.807, 2.05) is 0 Å². The minimum Gasteiger partial charge on any atom is -0.497 e. The first-order valence-corrected chi connectivity index (χ1v) is 17.0. The van der Waals surface area contributed by atoms with E-state index in [2.05, 4.69) is 129 Å². The fourth-order valence-electron chi connectivity index (χ4n) is 8.28. The largest absolute Gasteiger partial charge is 0.497 e. The lowest BCUT2D eigenvalue weighted by Gasteiger charge is -2.55. The second kappa shape index (κ2) is 12.3. The normalized spacial score (nSPS) is 23.8. The molecule has 236 valence electrons. The average molecular weight is 613 g/mol. The molecule has 0 atom stereocenters. The number of rotatable bonds is 8. The minimum absolute atomic E-state index is 0.544. The molecule has 0 spiro atoms. The third kappa shape index (κ3) is 5.34. The summed E-state index contributed by atoms with van der Waals surface area (Å²) in [6.45, 7) is 0. The lowest BCUT2D eigenvalue weighted by atomic mass is 9.86. The first kappa shape index (κ1) is 28.9. The molecule has 6 fully saturated rings. The van der Waals surface area contributed by atoms with E-state index in [9.17, 15) is 0 Å². The van der Waals surface area contributed by atoms with Gasteiger partial charge in [0.05, 0.1) is 61.1 Å². The van der Waals surface area contributed by atoms with Crippen LogP contribution in [0.25, 0.3) is 12.2 Å². The molecule has 4 aliphatic heterocycles. The summed E-state index contributed by atoms with van der Waals surface area (Å²) in [7, 11) is 3.46. The molecule has 4 aromatic carbocycles. The van der Waals surface area contributed by atoms with Crippen LogP contribution >= 0.6 is 0 Å². The molecule has 0 unspecified atom stereocenters. The quantitative estimate of drug-likeness (QED) is 0.185. The number of hydrogen-bond acceptors (Lipinski definition) is 6. The molecule has 0 aromatic heterocycles. The summed E-state index contributed by atoms with van der Waals surface area (Å²) in [6.07, 6.45) is 14.5. The number of nitrogens with zero attached hydrogens (tertiary/aromatic N) is 4. The molecule has 6 nitrogen and oxygen atoms in total. The Kier molecular flexibility index (Phi) is 7.73.